The Balaban J connectivity index is 2.12. The molecule has 2 nitrogen and oxygen atoms in total. The largest absolute Gasteiger partial charge is 0.381 e. The number of hydrogen-bond donors (Lipinski definition) is 1. The second-order valence-electron chi connectivity index (χ2n) is 4.08. The second-order valence-corrected chi connectivity index (χ2v) is 4.08. The van der Waals surface area contributed by atoms with Crippen LogP contribution in [-0.2, 0) is 0 Å². The van der Waals surface area contributed by atoms with Crippen LogP contribution in [0.3, 0.4) is 0 Å². The first kappa shape index (κ1) is 10.9. The minimum atomic E-state index is -0.603. The molecule has 84 valence electrons. The van der Waals surface area contributed by atoms with Crippen LogP contribution in [0.1, 0.15) is 19.3 Å². The summed E-state index contributed by atoms with van der Waals surface area (Å²) in [7, 11) is 0. The molecule has 0 bridgehead atoms. The summed E-state index contributed by atoms with van der Waals surface area (Å²) in [4.78, 5) is 0. The Morgan fingerprint density at radius 1 is 1.19 bits per heavy atom. The molecule has 2 rings (SSSR count). The molecule has 1 aromatic carbocycles. The van der Waals surface area contributed by atoms with Crippen LogP contribution < -0.4 is 5.32 Å². The van der Waals surface area contributed by atoms with Gasteiger partial charge in [0, 0.05) is 17.8 Å². The topological polar surface area (TPSA) is 35.8 Å². The van der Waals surface area contributed by atoms with Crippen molar-refractivity contribution >= 4 is 5.69 Å². The normalized spacial score (nSPS) is 24.1. The maximum Gasteiger partial charge on any atom is 0.128 e. The number of nitrogens with one attached hydrogen (secondary N) is 1. The van der Waals surface area contributed by atoms with Crippen molar-refractivity contribution in [2.75, 3.05) is 5.32 Å². The molecule has 0 amide bonds. The first-order valence-electron chi connectivity index (χ1n) is 5.31. The molecule has 0 aliphatic heterocycles. The quantitative estimate of drug-likeness (QED) is 0.834. The number of benzene rings is 1. The van der Waals surface area contributed by atoms with E-state index in [1.165, 1.54) is 12.1 Å². The molecule has 16 heavy (non-hydrogen) atoms. The molecular weight excluding hydrogens is 210 g/mol. The predicted molar refractivity (Wildman–Crippen MR) is 56.7 cm³/mol. The molecule has 0 radical (unpaired) electrons. The molecule has 1 N–H and O–H groups in total. The Morgan fingerprint density at radius 3 is 2.50 bits per heavy atom. The minimum absolute atomic E-state index is 0.00574. The van der Waals surface area contributed by atoms with E-state index in [1.807, 2.05) is 0 Å². The van der Waals surface area contributed by atoms with Crippen LogP contribution in [0, 0.1) is 28.9 Å². The van der Waals surface area contributed by atoms with E-state index in [2.05, 4.69) is 11.4 Å². The molecule has 1 aromatic rings. The van der Waals surface area contributed by atoms with Crippen molar-refractivity contribution in [3.63, 3.8) is 0 Å². The third kappa shape index (κ3) is 2.30. The fourth-order valence-electron chi connectivity index (χ4n) is 2.14. The molecule has 1 aliphatic rings. The lowest BCUT2D eigenvalue weighted by atomic mass is 10.1. The highest BCUT2D eigenvalue weighted by Gasteiger charge is 2.26. The van der Waals surface area contributed by atoms with E-state index in [4.69, 9.17) is 5.26 Å². The van der Waals surface area contributed by atoms with E-state index in [1.54, 1.807) is 0 Å². The van der Waals surface area contributed by atoms with Gasteiger partial charge in [-0.3, -0.25) is 0 Å². The van der Waals surface area contributed by atoms with Gasteiger partial charge in [-0.25, -0.2) is 8.78 Å². The number of nitriles is 1. The average Bonchev–Trinajstić information content (AvgIpc) is 2.63. The van der Waals surface area contributed by atoms with Gasteiger partial charge in [-0.05, 0) is 31.4 Å². The lowest BCUT2D eigenvalue weighted by Gasteiger charge is -2.16. The molecule has 1 saturated carbocycles. The lowest BCUT2D eigenvalue weighted by molar-refractivity contribution is 0.581. The lowest BCUT2D eigenvalue weighted by Crippen LogP contribution is -2.22. The van der Waals surface area contributed by atoms with Gasteiger partial charge in [0.05, 0.1) is 12.0 Å². The van der Waals surface area contributed by atoms with Crippen LogP contribution in [-0.4, -0.2) is 6.04 Å². The number of hydrogen-bond acceptors (Lipinski definition) is 2. The molecule has 0 spiro atoms. The molecule has 1 aliphatic carbocycles. The van der Waals surface area contributed by atoms with Crippen molar-refractivity contribution < 1.29 is 8.78 Å². The Hall–Kier alpha value is -1.63. The summed E-state index contributed by atoms with van der Waals surface area (Å²) in [5, 5.41) is 11.9. The minimum Gasteiger partial charge on any atom is -0.381 e. The van der Waals surface area contributed by atoms with Crippen LogP contribution in [0.4, 0.5) is 14.5 Å². The predicted octanol–water partition coefficient (Wildman–Crippen LogP) is 3.07. The standard InChI is InChI=1S/C12H12F2N2/c13-9-4-10(14)6-11(5-9)16-12-3-1-2-8(12)7-15/h4-6,8,12,16H,1-3H2. The fraction of sp³-hybridized carbons (Fsp3) is 0.417. The summed E-state index contributed by atoms with van der Waals surface area (Å²) in [5.74, 6) is -1.27. The Labute approximate surface area is 92.9 Å². The van der Waals surface area contributed by atoms with Gasteiger partial charge in [-0.2, -0.15) is 5.26 Å². The molecule has 2 atom stereocenters. The molecule has 0 saturated heterocycles. The van der Waals surface area contributed by atoms with Gasteiger partial charge in [-0.15, -0.1) is 0 Å². The number of halogens is 2. The third-order valence-corrected chi connectivity index (χ3v) is 2.90. The van der Waals surface area contributed by atoms with E-state index in [0.29, 0.717) is 5.69 Å². The SMILES string of the molecule is N#CC1CCCC1Nc1cc(F)cc(F)c1. The highest BCUT2D eigenvalue weighted by molar-refractivity contribution is 5.45. The van der Waals surface area contributed by atoms with Gasteiger partial charge in [0.15, 0.2) is 0 Å². The van der Waals surface area contributed by atoms with Crippen molar-refractivity contribution in [1.82, 2.24) is 0 Å². The zero-order chi connectivity index (χ0) is 11.5. The third-order valence-electron chi connectivity index (χ3n) is 2.90. The smallest absolute Gasteiger partial charge is 0.128 e. The maximum atomic E-state index is 12.9. The van der Waals surface area contributed by atoms with Crippen molar-refractivity contribution in [2.24, 2.45) is 5.92 Å². The van der Waals surface area contributed by atoms with Crippen LogP contribution in [0.25, 0.3) is 0 Å². The van der Waals surface area contributed by atoms with E-state index in [-0.39, 0.29) is 12.0 Å². The summed E-state index contributed by atoms with van der Waals surface area (Å²) >= 11 is 0. The van der Waals surface area contributed by atoms with E-state index < -0.39 is 11.6 Å². The van der Waals surface area contributed by atoms with Crippen LogP contribution in [0.15, 0.2) is 18.2 Å². The summed E-state index contributed by atoms with van der Waals surface area (Å²) in [5.41, 5.74) is 0.407. The summed E-state index contributed by atoms with van der Waals surface area (Å²) < 4.78 is 25.9. The van der Waals surface area contributed by atoms with Gasteiger partial charge < -0.3 is 5.32 Å². The van der Waals surface area contributed by atoms with Crippen molar-refractivity contribution in [1.29, 1.82) is 5.26 Å². The summed E-state index contributed by atoms with van der Waals surface area (Å²) in [6, 6.07) is 5.55. The molecular formula is C12H12F2N2. The van der Waals surface area contributed by atoms with Gasteiger partial charge in [0.25, 0.3) is 0 Å². The molecule has 1 fully saturated rings. The Morgan fingerprint density at radius 2 is 1.88 bits per heavy atom. The highest BCUT2D eigenvalue weighted by atomic mass is 19.1. The fourth-order valence-corrected chi connectivity index (χ4v) is 2.14. The van der Waals surface area contributed by atoms with Crippen molar-refractivity contribution in [3.8, 4) is 6.07 Å². The average molecular weight is 222 g/mol. The molecule has 0 aromatic heterocycles. The van der Waals surface area contributed by atoms with Crippen molar-refractivity contribution in [2.45, 2.75) is 25.3 Å². The molecule has 0 heterocycles. The first-order chi connectivity index (χ1) is 7.69. The maximum absolute atomic E-state index is 12.9. The van der Waals surface area contributed by atoms with E-state index in [0.717, 1.165) is 25.3 Å². The number of nitrogens with zero attached hydrogens (tertiary/aromatic N) is 1. The van der Waals surface area contributed by atoms with E-state index >= 15 is 0 Å². The van der Waals surface area contributed by atoms with Gasteiger partial charge >= 0.3 is 0 Å². The second kappa shape index (κ2) is 4.48. The zero-order valence-corrected chi connectivity index (χ0v) is 8.71. The Bertz CT molecular complexity index is 405. The van der Waals surface area contributed by atoms with E-state index in [9.17, 15) is 8.78 Å². The first-order valence-corrected chi connectivity index (χ1v) is 5.31. The van der Waals surface area contributed by atoms with Gasteiger partial charge in [0.2, 0.25) is 0 Å². The molecule has 4 heteroatoms. The highest BCUT2D eigenvalue weighted by Crippen LogP contribution is 2.28. The van der Waals surface area contributed by atoms with Crippen LogP contribution in [0.5, 0.6) is 0 Å². The molecule has 2 unspecified atom stereocenters. The number of rotatable bonds is 2. The van der Waals surface area contributed by atoms with Crippen molar-refractivity contribution in [3.05, 3.63) is 29.8 Å². The number of anilines is 1. The monoisotopic (exact) mass is 222 g/mol. The van der Waals surface area contributed by atoms with Crippen LogP contribution in [0.2, 0.25) is 0 Å². The van der Waals surface area contributed by atoms with Gasteiger partial charge in [0.1, 0.15) is 11.6 Å². The Kier molecular flexibility index (Phi) is 3.04. The van der Waals surface area contributed by atoms with Crippen LogP contribution >= 0.6 is 0 Å². The van der Waals surface area contributed by atoms with Gasteiger partial charge in [-0.1, -0.05) is 0 Å². The summed E-state index contributed by atoms with van der Waals surface area (Å²) in [6.07, 6.45) is 2.70. The zero-order valence-electron chi connectivity index (χ0n) is 8.71. The summed E-state index contributed by atoms with van der Waals surface area (Å²) in [6.45, 7) is 0.